The highest BCUT2D eigenvalue weighted by molar-refractivity contribution is 5.79. The van der Waals surface area contributed by atoms with Crippen molar-refractivity contribution in [1.82, 2.24) is 0 Å². The SMILES string of the molecule is NC(c1ccccc1O)C1(C(=O)O)CC1. The fraction of sp³-hybridized carbons (Fsp3) is 0.364. The van der Waals surface area contributed by atoms with E-state index in [-0.39, 0.29) is 5.75 Å². The summed E-state index contributed by atoms with van der Waals surface area (Å²) in [5.41, 5.74) is 5.55. The largest absolute Gasteiger partial charge is 0.508 e. The van der Waals surface area contributed by atoms with Crippen molar-refractivity contribution < 1.29 is 15.0 Å². The van der Waals surface area contributed by atoms with Gasteiger partial charge in [0.15, 0.2) is 0 Å². The summed E-state index contributed by atoms with van der Waals surface area (Å²) in [4.78, 5) is 11.0. The average molecular weight is 207 g/mol. The summed E-state index contributed by atoms with van der Waals surface area (Å²) in [5, 5.41) is 18.6. The first-order chi connectivity index (χ1) is 7.08. The standard InChI is InChI=1S/C11H13NO3/c12-9(11(5-6-11)10(14)15)7-3-1-2-4-8(7)13/h1-4,9,13H,5-6,12H2,(H,14,15). The number of phenols is 1. The van der Waals surface area contributed by atoms with Crippen LogP contribution >= 0.6 is 0 Å². The third kappa shape index (κ3) is 1.47. The van der Waals surface area contributed by atoms with E-state index in [1.54, 1.807) is 18.2 Å². The summed E-state index contributed by atoms with van der Waals surface area (Å²) in [6.45, 7) is 0. The van der Waals surface area contributed by atoms with Crippen LogP contribution in [-0.2, 0) is 4.79 Å². The van der Waals surface area contributed by atoms with Crippen molar-refractivity contribution in [2.24, 2.45) is 11.1 Å². The zero-order valence-electron chi connectivity index (χ0n) is 8.18. The molecule has 4 N–H and O–H groups in total. The minimum Gasteiger partial charge on any atom is -0.508 e. The van der Waals surface area contributed by atoms with Crippen LogP contribution in [0.3, 0.4) is 0 Å². The van der Waals surface area contributed by atoms with Crippen LogP contribution in [0.1, 0.15) is 24.4 Å². The first kappa shape index (κ1) is 9.98. The van der Waals surface area contributed by atoms with Gasteiger partial charge in [0.1, 0.15) is 5.75 Å². The first-order valence-electron chi connectivity index (χ1n) is 4.85. The predicted octanol–water partition coefficient (Wildman–Crippen LogP) is 1.26. The van der Waals surface area contributed by atoms with E-state index >= 15 is 0 Å². The summed E-state index contributed by atoms with van der Waals surface area (Å²) in [6, 6.07) is 5.99. The molecule has 1 saturated carbocycles. The van der Waals surface area contributed by atoms with Gasteiger partial charge in [0.25, 0.3) is 0 Å². The van der Waals surface area contributed by atoms with Crippen LogP contribution < -0.4 is 5.73 Å². The highest BCUT2D eigenvalue weighted by Crippen LogP contribution is 2.55. The van der Waals surface area contributed by atoms with Crippen molar-refractivity contribution in [3.05, 3.63) is 29.8 Å². The number of rotatable bonds is 3. The number of para-hydroxylation sites is 1. The van der Waals surface area contributed by atoms with E-state index in [4.69, 9.17) is 10.8 Å². The van der Waals surface area contributed by atoms with Crippen LogP contribution in [-0.4, -0.2) is 16.2 Å². The van der Waals surface area contributed by atoms with E-state index in [1.807, 2.05) is 0 Å². The molecule has 1 aliphatic carbocycles. The number of carboxylic acids is 1. The van der Waals surface area contributed by atoms with Crippen LogP contribution in [0, 0.1) is 5.41 Å². The number of aliphatic carboxylic acids is 1. The molecule has 15 heavy (non-hydrogen) atoms. The minimum absolute atomic E-state index is 0.0672. The van der Waals surface area contributed by atoms with Gasteiger partial charge in [0.2, 0.25) is 0 Å². The van der Waals surface area contributed by atoms with Gasteiger partial charge in [-0.05, 0) is 18.9 Å². The predicted molar refractivity (Wildman–Crippen MR) is 54.3 cm³/mol. The Labute approximate surface area is 87.3 Å². The van der Waals surface area contributed by atoms with Crippen molar-refractivity contribution >= 4 is 5.97 Å². The molecule has 1 aromatic rings. The van der Waals surface area contributed by atoms with E-state index in [2.05, 4.69) is 0 Å². The fourth-order valence-corrected chi connectivity index (χ4v) is 1.84. The third-order valence-electron chi connectivity index (χ3n) is 3.08. The lowest BCUT2D eigenvalue weighted by atomic mass is 9.90. The van der Waals surface area contributed by atoms with Gasteiger partial charge in [-0.1, -0.05) is 18.2 Å². The van der Waals surface area contributed by atoms with E-state index in [1.165, 1.54) is 6.07 Å². The molecule has 0 heterocycles. The number of hydrogen-bond donors (Lipinski definition) is 3. The van der Waals surface area contributed by atoms with E-state index in [0.29, 0.717) is 18.4 Å². The molecule has 1 atom stereocenters. The quantitative estimate of drug-likeness (QED) is 0.696. The molecule has 4 nitrogen and oxygen atoms in total. The molecule has 0 aromatic heterocycles. The van der Waals surface area contributed by atoms with Gasteiger partial charge in [0.05, 0.1) is 5.41 Å². The van der Waals surface area contributed by atoms with E-state index in [0.717, 1.165) is 0 Å². The van der Waals surface area contributed by atoms with Gasteiger partial charge >= 0.3 is 5.97 Å². The maximum atomic E-state index is 11.0. The first-order valence-corrected chi connectivity index (χ1v) is 4.85. The number of hydrogen-bond acceptors (Lipinski definition) is 3. The van der Waals surface area contributed by atoms with Crippen LogP contribution in [0.2, 0.25) is 0 Å². The Balaban J connectivity index is 2.33. The monoisotopic (exact) mass is 207 g/mol. The van der Waals surface area contributed by atoms with Gasteiger partial charge < -0.3 is 15.9 Å². The lowest BCUT2D eigenvalue weighted by molar-refractivity contribution is -0.144. The van der Waals surface area contributed by atoms with Gasteiger partial charge in [-0.15, -0.1) is 0 Å². The molecule has 2 rings (SSSR count). The Hall–Kier alpha value is -1.55. The van der Waals surface area contributed by atoms with Crippen LogP contribution in [0.25, 0.3) is 0 Å². The minimum atomic E-state index is -0.877. The Morgan fingerprint density at radius 1 is 1.40 bits per heavy atom. The second-order valence-corrected chi connectivity index (χ2v) is 4.00. The molecular formula is C11H13NO3. The van der Waals surface area contributed by atoms with Crippen LogP contribution in [0.4, 0.5) is 0 Å². The second-order valence-electron chi connectivity index (χ2n) is 4.00. The van der Waals surface area contributed by atoms with Gasteiger partial charge in [-0.3, -0.25) is 4.79 Å². The lowest BCUT2D eigenvalue weighted by Crippen LogP contribution is -2.29. The molecular weight excluding hydrogens is 194 g/mol. The topological polar surface area (TPSA) is 83.5 Å². The number of carbonyl (C=O) groups is 1. The van der Waals surface area contributed by atoms with Crippen molar-refractivity contribution in [2.75, 3.05) is 0 Å². The highest BCUT2D eigenvalue weighted by Gasteiger charge is 2.55. The van der Waals surface area contributed by atoms with E-state index < -0.39 is 17.4 Å². The van der Waals surface area contributed by atoms with E-state index in [9.17, 15) is 9.90 Å². The van der Waals surface area contributed by atoms with Crippen LogP contribution in [0.15, 0.2) is 24.3 Å². The smallest absolute Gasteiger partial charge is 0.311 e. The molecule has 0 saturated heterocycles. The van der Waals surface area contributed by atoms with Gasteiger partial charge in [0, 0.05) is 11.6 Å². The Kier molecular flexibility index (Phi) is 2.16. The number of phenolic OH excluding ortho intramolecular Hbond substituents is 1. The fourth-order valence-electron chi connectivity index (χ4n) is 1.84. The Bertz CT molecular complexity index is 399. The molecule has 80 valence electrons. The zero-order chi connectivity index (χ0) is 11.1. The molecule has 1 aliphatic rings. The maximum Gasteiger partial charge on any atom is 0.311 e. The molecule has 0 spiro atoms. The molecule has 1 unspecified atom stereocenters. The molecule has 0 radical (unpaired) electrons. The molecule has 1 fully saturated rings. The molecule has 0 aliphatic heterocycles. The van der Waals surface area contributed by atoms with Crippen molar-refractivity contribution in [3.8, 4) is 5.75 Å². The molecule has 1 aromatic carbocycles. The Morgan fingerprint density at radius 2 is 2.00 bits per heavy atom. The second kappa shape index (κ2) is 3.24. The van der Waals surface area contributed by atoms with Gasteiger partial charge in [-0.2, -0.15) is 0 Å². The maximum absolute atomic E-state index is 11.0. The normalized spacial score (nSPS) is 19.5. The van der Waals surface area contributed by atoms with Gasteiger partial charge in [-0.25, -0.2) is 0 Å². The molecule has 0 amide bonds. The van der Waals surface area contributed by atoms with Crippen LogP contribution in [0.5, 0.6) is 5.75 Å². The Morgan fingerprint density at radius 3 is 2.47 bits per heavy atom. The summed E-state index contributed by atoms with van der Waals surface area (Å²) < 4.78 is 0. The average Bonchev–Trinajstić information content (AvgIpc) is 2.98. The number of benzene rings is 1. The molecule has 4 heteroatoms. The lowest BCUT2D eigenvalue weighted by Gasteiger charge is -2.20. The van der Waals surface area contributed by atoms with Crippen molar-refractivity contribution in [1.29, 1.82) is 0 Å². The summed E-state index contributed by atoms with van der Waals surface area (Å²) in [7, 11) is 0. The number of carboxylic acid groups (broad SMARTS) is 1. The highest BCUT2D eigenvalue weighted by atomic mass is 16.4. The van der Waals surface area contributed by atoms with Crippen molar-refractivity contribution in [3.63, 3.8) is 0 Å². The number of nitrogens with two attached hydrogens (primary N) is 1. The summed E-state index contributed by atoms with van der Waals surface area (Å²) in [6.07, 6.45) is 1.16. The summed E-state index contributed by atoms with van der Waals surface area (Å²) in [5.74, 6) is -0.809. The third-order valence-corrected chi connectivity index (χ3v) is 3.08. The zero-order valence-corrected chi connectivity index (χ0v) is 8.18. The van der Waals surface area contributed by atoms with Crippen molar-refractivity contribution in [2.45, 2.75) is 18.9 Å². The molecule has 0 bridgehead atoms. The number of aromatic hydroxyl groups is 1. The summed E-state index contributed by atoms with van der Waals surface area (Å²) >= 11 is 0.